The number of aromatic nitrogens is 1. The molecule has 1 aliphatic heterocycles. The number of fused-ring (bicyclic) bond motifs is 2. The molecule has 5 nitrogen and oxygen atoms in total. The molecule has 2 heterocycles. The van der Waals surface area contributed by atoms with Crippen LogP contribution in [0.3, 0.4) is 0 Å². The van der Waals surface area contributed by atoms with Crippen molar-refractivity contribution in [3.05, 3.63) is 83.4 Å². The molecule has 0 saturated heterocycles. The lowest BCUT2D eigenvalue weighted by molar-refractivity contribution is -0.136. The normalized spacial score (nSPS) is 16.1. The molecular formula is C21H18N2O3. The zero-order valence-electron chi connectivity index (χ0n) is 14.3. The van der Waals surface area contributed by atoms with E-state index in [2.05, 4.69) is 0 Å². The molecule has 0 radical (unpaired) electrons. The van der Waals surface area contributed by atoms with E-state index < -0.39 is 5.97 Å². The third-order valence-corrected chi connectivity index (χ3v) is 4.60. The van der Waals surface area contributed by atoms with E-state index in [9.17, 15) is 4.79 Å². The largest absolute Gasteiger partial charge is 0.465 e. The van der Waals surface area contributed by atoms with Crippen molar-refractivity contribution < 1.29 is 14.3 Å². The van der Waals surface area contributed by atoms with Crippen LogP contribution >= 0.6 is 0 Å². The third kappa shape index (κ3) is 2.77. The van der Waals surface area contributed by atoms with Gasteiger partial charge < -0.3 is 15.2 Å². The van der Waals surface area contributed by atoms with E-state index in [-0.39, 0.29) is 11.8 Å². The molecule has 3 aromatic rings. The minimum absolute atomic E-state index is 0.0846. The van der Waals surface area contributed by atoms with Crippen LogP contribution < -0.4 is 10.5 Å². The summed E-state index contributed by atoms with van der Waals surface area (Å²) in [6.07, 6.45) is 0.524. The number of esters is 1. The van der Waals surface area contributed by atoms with Crippen LogP contribution in [-0.4, -0.2) is 18.1 Å². The maximum atomic E-state index is 12.3. The van der Waals surface area contributed by atoms with E-state index >= 15 is 0 Å². The highest BCUT2D eigenvalue weighted by molar-refractivity contribution is 5.91. The van der Waals surface area contributed by atoms with E-state index in [4.69, 9.17) is 20.2 Å². The molecule has 0 aliphatic carbocycles. The first-order valence-electron chi connectivity index (χ1n) is 8.37. The summed E-state index contributed by atoms with van der Waals surface area (Å²) in [4.78, 5) is 17.1. The molecule has 4 rings (SSSR count). The van der Waals surface area contributed by atoms with Crippen molar-refractivity contribution in [3.63, 3.8) is 0 Å². The Bertz CT molecular complexity index is 1030. The highest BCUT2D eigenvalue weighted by Gasteiger charge is 2.34. The highest BCUT2D eigenvalue weighted by Crippen LogP contribution is 2.40. The molecule has 2 aromatic carbocycles. The minimum atomic E-state index is -0.484. The number of hydrogen-bond donors (Lipinski definition) is 1. The van der Waals surface area contributed by atoms with Crippen molar-refractivity contribution in [3.8, 4) is 5.75 Å². The lowest BCUT2D eigenvalue weighted by Gasteiger charge is -2.27. The quantitative estimate of drug-likeness (QED) is 0.737. The van der Waals surface area contributed by atoms with Gasteiger partial charge in [-0.05, 0) is 18.2 Å². The average molecular weight is 346 g/mol. The van der Waals surface area contributed by atoms with Gasteiger partial charge in [0.2, 0.25) is 5.88 Å². The average Bonchev–Trinajstić information content (AvgIpc) is 2.67. The van der Waals surface area contributed by atoms with E-state index in [0.717, 1.165) is 22.2 Å². The van der Waals surface area contributed by atoms with Gasteiger partial charge in [0.15, 0.2) is 0 Å². The number of para-hydroxylation sites is 2. The molecule has 130 valence electrons. The second-order valence-electron chi connectivity index (χ2n) is 6.16. The number of nitrogens with zero attached hydrogens (tertiary/aromatic N) is 1. The zero-order valence-corrected chi connectivity index (χ0v) is 14.3. The standard InChI is InChI=1S/C21H18N2O3/c1-25-21(24)19-16(15-7-3-5-9-18(15)26-20(19)22)12-14-11-10-13-6-2-4-8-17(13)23-14/h2-11,16H,12,22H2,1H3. The fraction of sp³-hybridized carbons (Fsp3) is 0.143. The number of carbonyl (C=O) groups is 1. The number of pyridine rings is 1. The van der Waals surface area contributed by atoms with Gasteiger partial charge in [-0.15, -0.1) is 0 Å². The van der Waals surface area contributed by atoms with Gasteiger partial charge in [0.25, 0.3) is 0 Å². The summed E-state index contributed by atoms with van der Waals surface area (Å²) in [7, 11) is 1.34. The zero-order chi connectivity index (χ0) is 18.1. The predicted molar refractivity (Wildman–Crippen MR) is 98.5 cm³/mol. The van der Waals surface area contributed by atoms with Gasteiger partial charge in [0, 0.05) is 29.0 Å². The predicted octanol–water partition coefficient (Wildman–Crippen LogP) is 3.30. The van der Waals surface area contributed by atoms with E-state index in [1.807, 2.05) is 60.7 Å². The first kappa shape index (κ1) is 16.1. The van der Waals surface area contributed by atoms with Gasteiger partial charge in [0.05, 0.1) is 12.6 Å². The number of methoxy groups -OCH3 is 1. The van der Waals surface area contributed by atoms with Gasteiger partial charge in [-0.1, -0.05) is 42.5 Å². The first-order chi connectivity index (χ1) is 12.7. The molecule has 26 heavy (non-hydrogen) atoms. The molecule has 1 aromatic heterocycles. The van der Waals surface area contributed by atoms with Crippen LogP contribution in [0.4, 0.5) is 0 Å². The van der Waals surface area contributed by atoms with Crippen LogP contribution in [0.15, 0.2) is 72.1 Å². The molecule has 2 N–H and O–H groups in total. The number of hydrogen-bond acceptors (Lipinski definition) is 5. The summed E-state index contributed by atoms with van der Waals surface area (Å²) < 4.78 is 10.6. The van der Waals surface area contributed by atoms with Crippen LogP contribution in [0, 0.1) is 0 Å². The van der Waals surface area contributed by atoms with E-state index in [1.54, 1.807) is 0 Å². The van der Waals surface area contributed by atoms with E-state index in [1.165, 1.54) is 7.11 Å². The minimum Gasteiger partial charge on any atom is -0.465 e. The topological polar surface area (TPSA) is 74.4 Å². The molecule has 0 spiro atoms. The van der Waals surface area contributed by atoms with Crippen molar-refractivity contribution in [2.75, 3.05) is 7.11 Å². The Kier molecular flexibility index (Phi) is 4.05. The number of benzene rings is 2. The number of nitrogens with two attached hydrogens (primary N) is 1. The fourth-order valence-corrected chi connectivity index (χ4v) is 3.36. The van der Waals surface area contributed by atoms with Gasteiger partial charge in [-0.3, -0.25) is 4.98 Å². The molecule has 5 heteroatoms. The molecule has 0 bridgehead atoms. The molecule has 1 aliphatic rings. The number of carbonyl (C=O) groups excluding carboxylic acids is 1. The molecule has 0 fully saturated rings. The molecular weight excluding hydrogens is 328 g/mol. The van der Waals surface area contributed by atoms with Crippen LogP contribution in [0.1, 0.15) is 17.2 Å². The Morgan fingerprint density at radius 3 is 2.73 bits per heavy atom. The smallest absolute Gasteiger partial charge is 0.339 e. The molecule has 0 saturated carbocycles. The second-order valence-corrected chi connectivity index (χ2v) is 6.16. The third-order valence-electron chi connectivity index (χ3n) is 4.60. The number of rotatable bonds is 3. The monoisotopic (exact) mass is 346 g/mol. The van der Waals surface area contributed by atoms with Crippen LogP contribution in [0.25, 0.3) is 10.9 Å². The Morgan fingerprint density at radius 2 is 1.88 bits per heavy atom. The van der Waals surface area contributed by atoms with Gasteiger partial charge >= 0.3 is 5.97 Å². The van der Waals surface area contributed by atoms with Crippen molar-refractivity contribution in [1.82, 2.24) is 4.98 Å². The van der Waals surface area contributed by atoms with E-state index in [0.29, 0.717) is 17.7 Å². The Morgan fingerprint density at radius 1 is 1.12 bits per heavy atom. The van der Waals surface area contributed by atoms with Crippen molar-refractivity contribution in [2.24, 2.45) is 5.73 Å². The second kappa shape index (κ2) is 6.52. The maximum absolute atomic E-state index is 12.3. The lowest BCUT2D eigenvalue weighted by atomic mass is 9.85. The van der Waals surface area contributed by atoms with Gasteiger partial charge in [-0.2, -0.15) is 0 Å². The number of ether oxygens (including phenoxy) is 2. The summed E-state index contributed by atoms with van der Waals surface area (Å²) in [5.41, 5.74) is 9.07. The van der Waals surface area contributed by atoms with Gasteiger partial charge in [0.1, 0.15) is 11.3 Å². The summed E-state index contributed by atoms with van der Waals surface area (Å²) >= 11 is 0. The lowest BCUT2D eigenvalue weighted by Crippen LogP contribution is -2.27. The Labute approximate surface area is 151 Å². The molecule has 1 atom stereocenters. The maximum Gasteiger partial charge on any atom is 0.339 e. The Hall–Kier alpha value is -3.34. The van der Waals surface area contributed by atoms with Crippen LogP contribution in [0.2, 0.25) is 0 Å². The Balaban J connectivity index is 1.79. The van der Waals surface area contributed by atoms with Crippen molar-refractivity contribution in [1.29, 1.82) is 0 Å². The van der Waals surface area contributed by atoms with Gasteiger partial charge in [-0.25, -0.2) is 4.79 Å². The summed E-state index contributed by atoms with van der Waals surface area (Å²) in [5.74, 6) is -0.0198. The molecule has 1 unspecified atom stereocenters. The van der Waals surface area contributed by atoms with Crippen LogP contribution in [0.5, 0.6) is 5.75 Å². The SMILES string of the molecule is COC(=O)C1=C(N)Oc2ccccc2C1Cc1ccc2ccccc2n1. The first-order valence-corrected chi connectivity index (χ1v) is 8.37. The van der Waals surface area contributed by atoms with Crippen molar-refractivity contribution >= 4 is 16.9 Å². The van der Waals surface area contributed by atoms with Crippen molar-refractivity contribution in [2.45, 2.75) is 12.3 Å². The summed E-state index contributed by atoms with van der Waals surface area (Å²) in [6, 6.07) is 19.5. The van der Waals surface area contributed by atoms with Crippen LogP contribution in [-0.2, 0) is 16.0 Å². The summed E-state index contributed by atoms with van der Waals surface area (Å²) in [5, 5.41) is 1.08. The highest BCUT2D eigenvalue weighted by atomic mass is 16.5. The summed E-state index contributed by atoms with van der Waals surface area (Å²) in [6.45, 7) is 0. The fourth-order valence-electron chi connectivity index (χ4n) is 3.36. The molecule has 0 amide bonds.